The fraction of sp³-hybridized carbons (Fsp3) is 0.611. The summed E-state index contributed by atoms with van der Waals surface area (Å²) in [7, 11) is 1.72. The lowest BCUT2D eigenvalue weighted by Gasteiger charge is -2.28. The highest BCUT2D eigenvalue weighted by Crippen LogP contribution is 2.39. The first-order valence-corrected chi connectivity index (χ1v) is 8.43. The third-order valence-electron chi connectivity index (χ3n) is 4.65. The van der Waals surface area contributed by atoms with Crippen molar-refractivity contribution in [3.05, 3.63) is 23.9 Å². The number of hydrogen-bond donors (Lipinski definition) is 2. The number of likely N-dealkylation sites (N-methyl/N-ethyl adjacent to an activating group) is 1. The summed E-state index contributed by atoms with van der Waals surface area (Å²) in [5.74, 6) is 0.409. The average molecular weight is 332 g/mol. The van der Waals surface area contributed by atoms with E-state index in [1.54, 1.807) is 25.1 Å². The number of amides is 2. The number of pyridine rings is 1. The van der Waals surface area contributed by atoms with Crippen LogP contribution in [0.5, 0.6) is 0 Å². The Morgan fingerprint density at radius 3 is 2.54 bits per heavy atom. The molecule has 0 spiro atoms. The van der Waals surface area contributed by atoms with Crippen molar-refractivity contribution in [2.24, 2.45) is 5.92 Å². The smallest absolute Gasteiger partial charge is 0.251 e. The van der Waals surface area contributed by atoms with Crippen LogP contribution in [0.15, 0.2) is 18.3 Å². The van der Waals surface area contributed by atoms with E-state index in [-0.39, 0.29) is 29.2 Å². The molecule has 0 saturated carbocycles. The number of anilines is 1. The summed E-state index contributed by atoms with van der Waals surface area (Å²) < 4.78 is 0. The molecule has 2 heterocycles. The van der Waals surface area contributed by atoms with E-state index in [0.29, 0.717) is 12.4 Å². The van der Waals surface area contributed by atoms with E-state index >= 15 is 0 Å². The number of carbonyl (C=O) groups excluding carboxylic acids is 2. The Hall–Kier alpha value is -1.95. The first kappa shape index (κ1) is 18.4. The van der Waals surface area contributed by atoms with Gasteiger partial charge in [-0.2, -0.15) is 0 Å². The second kappa shape index (κ2) is 6.89. The van der Waals surface area contributed by atoms with E-state index < -0.39 is 6.04 Å². The van der Waals surface area contributed by atoms with Crippen LogP contribution in [-0.4, -0.2) is 42.5 Å². The van der Waals surface area contributed by atoms with Crippen LogP contribution in [0.1, 0.15) is 40.2 Å². The Bertz CT molecular complexity index is 627. The molecule has 6 nitrogen and oxygen atoms in total. The lowest BCUT2D eigenvalue weighted by atomic mass is 9.88. The minimum atomic E-state index is -0.572. The second-order valence-electron chi connectivity index (χ2n) is 7.42. The minimum absolute atomic E-state index is 0.0126. The van der Waals surface area contributed by atoms with Crippen molar-refractivity contribution in [3.63, 3.8) is 0 Å². The molecule has 0 saturated heterocycles. The Morgan fingerprint density at radius 1 is 1.29 bits per heavy atom. The molecule has 1 aliphatic heterocycles. The second-order valence-corrected chi connectivity index (χ2v) is 7.42. The van der Waals surface area contributed by atoms with Gasteiger partial charge in [-0.3, -0.25) is 14.5 Å². The standard InChI is InChI=1S/C18H28N4O2/c1-11(2)14(21-16(23)12(3)19-6)17(24)22-10-18(4,5)13-8-7-9-20-15(13)22/h7-9,11-12,14,19H,10H2,1-6H3,(H,21,23)/t12-,14-/m0/s1. The molecular weight excluding hydrogens is 304 g/mol. The van der Waals surface area contributed by atoms with Gasteiger partial charge in [-0.1, -0.05) is 33.8 Å². The Labute approximate surface area is 144 Å². The summed E-state index contributed by atoms with van der Waals surface area (Å²) >= 11 is 0. The largest absolute Gasteiger partial charge is 0.343 e. The highest BCUT2D eigenvalue weighted by Gasteiger charge is 2.41. The van der Waals surface area contributed by atoms with Crippen LogP contribution in [0, 0.1) is 5.92 Å². The summed E-state index contributed by atoms with van der Waals surface area (Å²) in [5.41, 5.74) is 0.916. The first-order valence-electron chi connectivity index (χ1n) is 8.43. The lowest BCUT2D eigenvalue weighted by molar-refractivity contribution is -0.129. The molecular formula is C18H28N4O2. The van der Waals surface area contributed by atoms with Gasteiger partial charge >= 0.3 is 0 Å². The monoisotopic (exact) mass is 332 g/mol. The summed E-state index contributed by atoms with van der Waals surface area (Å²) in [5, 5.41) is 5.78. The van der Waals surface area contributed by atoms with Crippen molar-refractivity contribution in [1.29, 1.82) is 0 Å². The number of nitrogens with one attached hydrogen (secondary N) is 2. The van der Waals surface area contributed by atoms with Gasteiger partial charge in [0, 0.05) is 23.7 Å². The maximum Gasteiger partial charge on any atom is 0.251 e. The summed E-state index contributed by atoms with van der Waals surface area (Å²) in [4.78, 5) is 31.5. The van der Waals surface area contributed by atoms with Crippen LogP contribution >= 0.6 is 0 Å². The minimum Gasteiger partial charge on any atom is -0.343 e. The molecule has 0 aromatic carbocycles. The van der Waals surface area contributed by atoms with Gasteiger partial charge in [0.1, 0.15) is 11.9 Å². The Morgan fingerprint density at radius 2 is 1.96 bits per heavy atom. The molecule has 0 bridgehead atoms. The van der Waals surface area contributed by atoms with Gasteiger partial charge in [-0.25, -0.2) is 4.98 Å². The van der Waals surface area contributed by atoms with E-state index in [2.05, 4.69) is 29.5 Å². The summed E-state index contributed by atoms with van der Waals surface area (Å²) in [6, 6.07) is 2.99. The van der Waals surface area contributed by atoms with Gasteiger partial charge < -0.3 is 10.6 Å². The van der Waals surface area contributed by atoms with Crippen molar-refractivity contribution >= 4 is 17.6 Å². The molecule has 2 amide bonds. The quantitative estimate of drug-likeness (QED) is 0.856. The van der Waals surface area contributed by atoms with Crippen molar-refractivity contribution in [2.45, 2.75) is 52.1 Å². The molecule has 132 valence electrons. The maximum absolute atomic E-state index is 13.1. The first-order chi connectivity index (χ1) is 11.2. The van der Waals surface area contributed by atoms with Crippen LogP contribution in [0.4, 0.5) is 5.82 Å². The Balaban J connectivity index is 2.27. The predicted octanol–water partition coefficient (Wildman–Crippen LogP) is 1.45. The van der Waals surface area contributed by atoms with Gasteiger partial charge in [0.25, 0.3) is 5.91 Å². The topological polar surface area (TPSA) is 74.3 Å². The van der Waals surface area contributed by atoms with Gasteiger partial charge in [0.2, 0.25) is 5.91 Å². The van der Waals surface area contributed by atoms with Gasteiger partial charge in [-0.15, -0.1) is 0 Å². The number of hydrogen-bond acceptors (Lipinski definition) is 4. The molecule has 1 aromatic heterocycles. The van der Waals surface area contributed by atoms with E-state index in [4.69, 9.17) is 0 Å². The summed E-state index contributed by atoms with van der Waals surface area (Å²) in [6.07, 6.45) is 1.70. The van der Waals surface area contributed by atoms with Crippen LogP contribution < -0.4 is 15.5 Å². The van der Waals surface area contributed by atoms with Crippen molar-refractivity contribution in [3.8, 4) is 0 Å². The molecule has 0 aliphatic carbocycles. The molecule has 1 aliphatic rings. The van der Waals surface area contributed by atoms with Gasteiger partial charge in [-0.05, 0) is 26.0 Å². The van der Waals surface area contributed by atoms with E-state index in [9.17, 15) is 9.59 Å². The van der Waals surface area contributed by atoms with E-state index in [0.717, 1.165) is 5.56 Å². The molecule has 1 aromatic rings. The predicted molar refractivity (Wildman–Crippen MR) is 94.9 cm³/mol. The van der Waals surface area contributed by atoms with Crippen molar-refractivity contribution < 1.29 is 9.59 Å². The van der Waals surface area contributed by atoms with E-state index in [1.807, 2.05) is 26.0 Å². The number of nitrogens with zero attached hydrogens (tertiary/aromatic N) is 2. The van der Waals surface area contributed by atoms with Crippen molar-refractivity contribution in [2.75, 3.05) is 18.5 Å². The lowest BCUT2D eigenvalue weighted by Crippen LogP contribution is -2.55. The fourth-order valence-corrected chi connectivity index (χ4v) is 2.97. The third-order valence-corrected chi connectivity index (χ3v) is 4.65. The van der Waals surface area contributed by atoms with Crippen molar-refractivity contribution in [1.82, 2.24) is 15.6 Å². The number of aromatic nitrogens is 1. The Kier molecular flexibility index (Phi) is 5.28. The van der Waals surface area contributed by atoms with Crippen LogP contribution in [0.2, 0.25) is 0 Å². The molecule has 2 atom stereocenters. The molecule has 6 heteroatoms. The zero-order chi connectivity index (χ0) is 18.1. The van der Waals surface area contributed by atoms with Crippen LogP contribution in [-0.2, 0) is 15.0 Å². The number of rotatable bonds is 5. The molecule has 0 radical (unpaired) electrons. The third kappa shape index (κ3) is 3.43. The average Bonchev–Trinajstić information content (AvgIpc) is 2.82. The normalized spacial score (nSPS) is 18.2. The molecule has 0 fully saturated rings. The van der Waals surface area contributed by atoms with Gasteiger partial charge in [0.15, 0.2) is 0 Å². The molecule has 2 rings (SSSR count). The highest BCUT2D eigenvalue weighted by atomic mass is 16.2. The zero-order valence-electron chi connectivity index (χ0n) is 15.4. The zero-order valence-corrected chi connectivity index (χ0v) is 15.4. The fourth-order valence-electron chi connectivity index (χ4n) is 2.97. The SMILES string of the molecule is CN[C@@H](C)C(=O)N[C@H](C(=O)N1CC(C)(C)c2cccnc21)C(C)C. The van der Waals surface area contributed by atoms with Crippen LogP contribution in [0.3, 0.4) is 0 Å². The molecule has 24 heavy (non-hydrogen) atoms. The molecule has 0 unspecified atom stereocenters. The van der Waals surface area contributed by atoms with E-state index in [1.165, 1.54) is 0 Å². The van der Waals surface area contributed by atoms with Gasteiger partial charge in [0.05, 0.1) is 6.04 Å². The summed E-state index contributed by atoms with van der Waals surface area (Å²) in [6.45, 7) is 10.4. The highest BCUT2D eigenvalue weighted by molar-refractivity contribution is 6.01. The number of fused-ring (bicyclic) bond motifs is 1. The maximum atomic E-state index is 13.1. The number of carbonyl (C=O) groups is 2. The van der Waals surface area contributed by atoms with Crippen LogP contribution in [0.25, 0.3) is 0 Å². The molecule has 2 N–H and O–H groups in total.